The van der Waals surface area contributed by atoms with Crippen LogP contribution in [0.5, 0.6) is 0 Å². The van der Waals surface area contributed by atoms with Gasteiger partial charge >= 0.3 is 0 Å². The molecule has 0 saturated carbocycles. The van der Waals surface area contributed by atoms with Crippen molar-refractivity contribution in [3.8, 4) is 11.1 Å². The Labute approximate surface area is 236 Å². The molecular weight excluding hydrogens is 498 g/mol. The van der Waals surface area contributed by atoms with Gasteiger partial charge in [0.15, 0.2) is 6.54 Å². The van der Waals surface area contributed by atoms with E-state index in [1.807, 2.05) is 0 Å². The lowest BCUT2D eigenvalue weighted by Crippen LogP contribution is -2.39. The van der Waals surface area contributed by atoms with Crippen molar-refractivity contribution in [1.29, 1.82) is 0 Å². The van der Waals surface area contributed by atoms with Crippen LogP contribution in [0.1, 0.15) is 41.5 Å². The van der Waals surface area contributed by atoms with Gasteiger partial charge in [0.1, 0.15) is 6.61 Å². The van der Waals surface area contributed by atoms with E-state index in [4.69, 9.17) is 14.2 Å². The molecule has 1 aromatic heterocycles. The van der Waals surface area contributed by atoms with Crippen LogP contribution in [0.4, 0.5) is 0 Å². The van der Waals surface area contributed by atoms with Gasteiger partial charge in [-0.25, -0.2) is 0 Å². The van der Waals surface area contributed by atoms with Gasteiger partial charge < -0.3 is 23.3 Å². The van der Waals surface area contributed by atoms with E-state index in [1.165, 1.54) is 55.0 Å². The summed E-state index contributed by atoms with van der Waals surface area (Å²) in [6.45, 7) is 17.0. The second kappa shape index (κ2) is 11.0. The molecule has 0 bridgehead atoms. The number of nitrogens with zero attached hydrogens (tertiary/aromatic N) is 3. The minimum absolute atomic E-state index is 0.198. The number of hydrogen-bond donors (Lipinski definition) is 0. The number of ether oxygens (including phenoxy) is 3. The zero-order valence-corrected chi connectivity index (χ0v) is 24.7. The van der Waals surface area contributed by atoms with Gasteiger partial charge in [-0.2, -0.15) is 4.57 Å². The van der Waals surface area contributed by atoms with Crippen molar-refractivity contribution in [2.75, 3.05) is 19.8 Å². The lowest BCUT2D eigenvalue weighted by molar-refractivity contribution is -0.647. The van der Waals surface area contributed by atoms with Crippen molar-refractivity contribution in [3.05, 3.63) is 54.6 Å². The van der Waals surface area contributed by atoms with Crippen molar-refractivity contribution in [2.45, 2.75) is 79.5 Å². The molecule has 0 N–H and O–H groups in total. The smallest absolute Gasteiger partial charge is 0.215 e. The highest BCUT2D eigenvalue weighted by molar-refractivity contribution is 6.24. The van der Waals surface area contributed by atoms with Crippen molar-refractivity contribution in [3.63, 3.8) is 0 Å². The maximum absolute atomic E-state index is 6.06. The van der Waals surface area contributed by atoms with Crippen LogP contribution in [-0.2, 0) is 33.8 Å². The summed E-state index contributed by atoms with van der Waals surface area (Å²) in [4.78, 5) is 0. The van der Waals surface area contributed by atoms with E-state index in [9.17, 15) is 0 Å². The van der Waals surface area contributed by atoms with Gasteiger partial charge in [-0.1, -0.05) is 18.2 Å². The topological polar surface area (TPSA) is 41.4 Å². The van der Waals surface area contributed by atoms with E-state index in [0.717, 1.165) is 19.6 Å². The minimum atomic E-state index is 0.198. The van der Waals surface area contributed by atoms with Gasteiger partial charge in [-0.3, -0.25) is 0 Å². The first-order valence-corrected chi connectivity index (χ1v) is 14.8. The molecule has 0 fully saturated rings. The highest BCUT2D eigenvalue weighted by Gasteiger charge is 2.31. The maximum Gasteiger partial charge on any atom is 0.215 e. The number of hydrogen-bond acceptors (Lipinski definition) is 3. The Bertz CT molecular complexity index is 1610. The van der Waals surface area contributed by atoms with E-state index >= 15 is 0 Å². The monoisotopic (exact) mass is 540 g/mol. The number of aromatic nitrogens is 3. The molecule has 6 rings (SSSR count). The molecule has 0 unspecified atom stereocenters. The summed E-state index contributed by atoms with van der Waals surface area (Å²) in [5.74, 6) is 0. The molecule has 210 valence electrons. The Hall–Kier alpha value is -3.19. The summed E-state index contributed by atoms with van der Waals surface area (Å²) in [6.07, 6.45) is 0.593. The molecule has 6 nitrogen and oxygen atoms in total. The van der Waals surface area contributed by atoms with Crippen LogP contribution in [0.2, 0.25) is 0 Å². The molecule has 3 aromatic carbocycles. The fourth-order valence-electron chi connectivity index (χ4n) is 6.33. The molecule has 2 aliphatic rings. The molecule has 40 heavy (non-hydrogen) atoms. The number of rotatable bonds is 12. The lowest BCUT2D eigenvalue weighted by atomic mass is 9.89. The van der Waals surface area contributed by atoms with Crippen LogP contribution < -0.4 is 4.57 Å². The van der Waals surface area contributed by atoms with Crippen molar-refractivity contribution >= 4 is 43.9 Å². The molecule has 0 spiro atoms. The average molecular weight is 541 g/mol. The van der Waals surface area contributed by atoms with E-state index < -0.39 is 0 Å². The summed E-state index contributed by atoms with van der Waals surface area (Å²) in [5, 5.41) is 2.63. The third-order valence-electron chi connectivity index (χ3n) is 7.85. The van der Waals surface area contributed by atoms with Crippen LogP contribution in [0.3, 0.4) is 0 Å². The molecule has 2 aliphatic heterocycles. The maximum atomic E-state index is 6.06. The van der Waals surface area contributed by atoms with Crippen LogP contribution >= 0.6 is 0 Å². The molecule has 4 aromatic rings. The Morgan fingerprint density at radius 1 is 0.550 bits per heavy atom. The molecule has 0 atom stereocenters. The quantitative estimate of drug-likeness (QED) is 0.0953. The fourth-order valence-corrected chi connectivity index (χ4v) is 6.33. The second-order valence-corrected chi connectivity index (χ2v) is 11.6. The van der Waals surface area contributed by atoms with Crippen molar-refractivity contribution in [1.82, 2.24) is 9.13 Å². The third kappa shape index (κ3) is 4.62. The predicted molar refractivity (Wildman–Crippen MR) is 164 cm³/mol. The summed E-state index contributed by atoms with van der Waals surface area (Å²) >= 11 is 0. The second-order valence-electron chi connectivity index (χ2n) is 11.6. The minimum Gasteiger partial charge on any atom is -0.377 e. The van der Waals surface area contributed by atoms with Gasteiger partial charge in [0.05, 0.1) is 64.4 Å². The van der Waals surface area contributed by atoms with E-state index in [0.29, 0.717) is 19.8 Å². The van der Waals surface area contributed by atoms with Crippen LogP contribution in [0.25, 0.3) is 55.0 Å². The molecule has 0 amide bonds. The van der Waals surface area contributed by atoms with E-state index in [1.54, 1.807) is 0 Å². The molecule has 0 radical (unpaired) electrons. The van der Waals surface area contributed by atoms with Crippen LogP contribution in [0.15, 0.2) is 54.6 Å². The number of pyridine rings is 3. The lowest BCUT2D eigenvalue weighted by Gasteiger charge is -2.28. The van der Waals surface area contributed by atoms with Gasteiger partial charge in [-0.05, 0) is 65.8 Å². The van der Waals surface area contributed by atoms with Crippen molar-refractivity contribution in [2.24, 2.45) is 0 Å². The molecule has 6 heteroatoms. The predicted octanol–water partition coefficient (Wildman–Crippen LogP) is 7.01. The highest BCUT2D eigenvalue weighted by atomic mass is 16.5. The zero-order valence-electron chi connectivity index (χ0n) is 24.7. The van der Waals surface area contributed by atoms with Crippen LogP contribution in [0, 0.1) is 0 Å². The highest BCUT2D eigenvalue weighted by Crippen LogP contribution is 2.47. The van der Waals surface area contributed by atoms with Gasteiger partial charge in [0.25, 0.3) is 0 Å². The molecular formula is C34H42N3O3+. The Kier molecular flexibility index (Phi) is 7.43. The summed E-state index contributed by atoms with van der Waals surface area (Å²) < 4.78 is 25.6. The third-order valence-corrected chi connectivity index (χ3v) is 7.85. The standard InChI is InChI=1S/C34H42N3O3/c1-22(2)38-19-16-35-25-10-7-12-27-31(25)34-32-26(35)11-8-13-28(32)37(18-21-40-24(5)6)30-15-9-14-29(33(30)34)36(27)17-20-39-23(3)4/h7-15,22-24H,16-21H2,1-6H3/q+1. The fraction of sp³-hybridized carbons (Fsp3) is 0.441. The summed E-state index contributed by atoms with van der Waals surface area (Å²) in [7, 11) is 0. The Morgan fingerprint density at radius 2 is 0.975 bits per heavy atom. The largest absolute Gasteiger partial charge is 0.377 e. The van der Waals surface area contributed by atoms with Gasteiger partial charge in [0.2, 0.25) is 11.0 Å². The average Bonchev–Trinajstić information content (AvgIpc) is 2.92. The first kappa shape index (κ1) is 27.0. The van der Waals surface area contributed by atoms with Gasteiger partial charge in [0, 0.05) is 36.3 Å². The van der Waals surface area contributed by atoms with Gasteiger partial charge in [-0.15, -0.1) is 0 Å². The van der Waals surface area contributed by atoms with Crippen molar-refractivity contribution < 1.29 is 18.8 Å². The molecule has 0 aliphatic carbocycles. The SMILES string of the molecule is CC(C)OCCn1c2cccc3c2-c2c4c1cccc4[n+](CCOC(C)C)c1cccc(c21)n3CCOC(C)C. The Balaban J connectivity index is 1.71. The summed E-state index contributed by atoms with van der Waals surface area (Å²) in [6, 6.07) is 20.2. The Morgan fingerprint density at radius 3 is 1.45 bits per heavy atom. The van der Waals surface area contributed by atoms with E-state index in [2.05, 4.69) is 110 Å². The number of benzene rings is 3. The zero-order chi connectivity index (χ0) is 28.0. The molecule has 0 saturated heterocycles. The first-order chi connectivity index (χ1) is 19.4. The first-order valence-electron chi connectivity index (χ1n) is 14.8. The normalized spacial score (nSPS) is 12.8. The summed E-state index contributed by atoms with van der Waals surface area (Å²) in [5.41, 5.74) is 10.1. The van der Waals surface area contributed by atoms with E-state index in [-0.39, 0.29) is 18.3 Å². The van der Waals surface area contributed by atoms with Crippen LogP contribution in [-0.4, -0.2) is 47.3 Å². The molecule has 3 heterocycles.